The summed E-state index contributed by atoms with van der Waals surface area (Å²) in [6, 6.07) is 1.14. The van der Waals surface area contributed by atoms with Gasteiger partial charge in [0, 0.05) is 17.5 Å². The van der Waals surface area contributed by atoms with Gasteiger partial charge in [-0.05, 0) is 19.8 Å². The van der Waals surface area contributed by atoms with Crippen molar-refractivity contribution in [2.75, 3.05) is 0 Å². The van der Waals surface area contributed by atoms with E-state index < -0.39 is 0 Å². The van der Waals surface area contributed by atoms with Gasteiger partial charge in [-0.3, -0.25) is 0 Å². The average Bonchev–Trinajstić information content (AvgIpc) is 2.72. The molecule has 1 heterocycles. The molecule has 1 fully saturated rings. The summed E-state index contributed by atoms with van der Waals surface area (Å²) in [6.07, 6.45) is 6.88. The highest BCUT2D eigenvalue weighted by Crippen LogP contribution is 2.21. The lowest BCUT2D eigenvalue weighted by atomic mass is 9.95. The van der Waals surface area contributed by atoms with E-state index in [1.54, 1.807) is 11.3 Å². The summed E-state index contributed by atoms with van der Waals surface area (Å²) >= 11 is 1.68. The van der Waals surface area contributed by atoms with E-state index in [4.69, 9.17) is 0 Å². The third kappa shape index (κ3) is 2.55. The minimum absolute atomic E-state index is 0.421. The van der Waals surface area contributed by atoms with Crippen molar-refractivity contribution in [1.29, 1.82) is 0 Å². The van der Waals surface area contributed by atoms with Crippen molar-refractivity contribution in [1.82, 2.24) is 10.3 Å². The Balaban J connectivity index is 1.84. The molecule has 1 saturated carbocycles. The van der Waals surface area contributed by atoms with Crippen LogP contribution in [0.15, 0.2) is 10.9 Å². The second-order valence-electron chi connectivity index (χ2n) is 4.14. The zero-order valence-corrected chi connectivity index (χ0v) is 9.52. The summed E-state index contributed by atoms with van der Waals surface area (Å²) < 4.78 is 0. The standard InChI is InChI=1S/C11H18N2S/c1-9(11-7-14-8-12-11)13-10-5-3-2-4-6-10/h7-10,13H,2-6H2,1H3. The number of hydrogen-bond donors (Lipinski definition) is 1. The monoisotopic (exact) mass is 210 g/mol. The van der Waals surface area contributed by atoms with Gasteiger partial charge >= 0.3 is 0 Å². The topological polar surface area (TPSA) is 24.9 Å². The molecule has 0 radical (unpaired) electrons. The van der Waals surface area contributed by atoms with E-state index in [0.717, 1.165) is 6.04 Å². The van der Waals surface area contributed by atoms with Crippen LogP contribution < -0.4 is 5.32 Å². The molecule has 1 atom stereocenters. The first-order chi connectivity index (χ1) is 6.86. The van der Waals surface area contributed by atoms with Crippen molar-refractivity contribution in [2.24, 2.45) is 0 Å². The molecule has 0 aliphatic heterocycles. The molecule has 1 aliphatic rings. The first kappa shape index (κ1) is 10.1. The number of nitrogens with one attached hydrogen (secondary N) is 1. The van der Waals surface area contributed by atoms with Gasteiger partial charge in [0.25, 0.3) is 0 Å². The van der Waals surface area contributed by atoms with Crippen LogP contribution in [0.5, 0.6) is 0 Å². The molecule has 0 saturated heterocycles. The molecule has 14 heavy (non-hydrogen) atoms. The fourth-order valence-electron chi connectivity index (χ4n) is 2.14. The van der Waals surface area contributed by atoms with Gasteiger partial charge in [-0.1, -0.05) is 19.3 Å². The molecule has 0 aromatic carbocycles. The van der Waals surface area contributed by atoms with Gasteiger partial charge < -0.3 is 5.32 Å². The summed E-state index contributed by atoms with van der Waals surface area (Å²) in [5.41, 5.74) is 3.11. The van der Waals surface area contributed by atoms with Crippen LogP contribution in [0.3, 0.4) is 0 Å². The Morgan fingerprint density at radius 2 is 2.21 bits per heavy atom. The number of thiazole rings is 1. The second kappa shape index (κ2) is 4.89. The van der Waals surface area contributed by atoms with Crippen molar-refractivity contribution >= 4 is 11.3 Å². The van der Waals surface area contributed by atoms with Crippen molar-refractivity contribution in [2.45, 2.75) is 51.1 Å². The van der Waals surface area contributed by atoms with Gasteiger partial charge in [0.1, 0.15) is 0 Å². The van der Waals surface area contributed by atoms with Crippen LogP contribution in [0.1, 0.15) is 50.8 Å². The maximum Gasteiger partial charge on any atom is 0.0795 e. The number of aromatic nitrogens is 1. The van der Waals surface area contributed by atoms with Gasteiger partial charge in [-0.15, -0.1) is 11.3 Å². The van der Waals surface area contributed by atoms with Crippen molar-refractivity contribution in [3.8, 4) is 0 Å². The lowest BCUT2D eigenvalue weighted by Crippen LogP contribution is -2.33. The van der Waals surface area contributed by atoms with E-state index in [2.05, 4.69) is 22.6 Å². The van der Waals surface area contributed by atoms with Gasteiger partial charge in [0.2, 0.25) is 0 Å². The molecule has 1 aromatic rings. The van der Waals surface area contributed by atoms with Gasteiger partial charge in [0.15, 0.2) is 0 Å². The Morgan fingerprint density at radius 1 is 1.43 bits per heavy atom. The number of nitrogens with zero attached hydrogens (tertiary/aromatic N) is 1. The predicted molar refractivity (Wildman–Crippen MR) is 60.5 cm³/mol. The van der Waals surface area contributed by atoms with E-state index >= 15 is 0 Å². The first-order valence-corrected chi connectivity index (χ1v) is 6.44. The molecule has 78 valence electrons. The van der Waals surface area contributed by atoms with Crippen LogP contribution >= 0.6 is 11.3 Å². The molecule has 1 unspecified atom stereocenters. The van der Waals surface area contributed by atoms with E-state index in [9.17, 15) is 0 Å². The molecule has 1 N–H and O–H groups in total. The molecule has 0 bridgehead atoms. The summed E-state index contributed by atoms with van der Waals surface area (Å²) in [6.45, 7) is 2.21. The molecule has 3 heteroatoms. The molecular formula is C11H18N2S. The Kier molecular flexibility index (Phi) is 3.54. The SMILES string of the molecule is CC(NC1CCCCC1)c1cscn1. The minimum atomic E-state index is 0.421. The second-order valence-corrected chi connectivity index (χ2v) is 4.86. The Labute approximate surface area is 89.8 Å². The molecule has 2 nitrogen and oxygen atoms in total. The molecule has 1 aromatic heterocycles. The van der Waals surface area contributed by atoms with E-state index in [0.29, 0.717) is 6.04 Å². The van der Waals surface area contributed by atoms with Crippen LogP contribution in [0.4, 0.5) is 0 Å². The lowest BCUT2D eigenvalue weighted by Gasteiger charge is -2.25. The van der Waals surface area contributed by atoms with Crippen molar-refractivity contribution in [3.63, 3.8) is 0 Å². The van der Waals surface area contributed by atoms with E-state index in [1.165, 1.54) is 37.8 Å². The summed E-state index contributed by atoms with van der Waals surface area (Å²) in [5.74, 6) is 0. The minimum Gasteiger partial charge on any atom is -0.306 e. The highest BCUT2D eigenvalue weighted by Gasteiger charge is 2.16. The number of hydrogen-bond acceptors (Lipinski definition) is 3. The summed E-state index contributed by atoms with van der Waals surface area (Å²) in [4.78, 5) is 4.34. The van der Waals surface area contributed by atoms with Crippen LogP contribution in [0, 0.1) is 0 Å². The Hall–Kier alpha value is -0.410. The third-order valence-electron chi connectivity index (χ3n) is 2.99. The molecule has 0 spiro atoms. The number of rotatable bonds is 3. The summed E-state index contributed by atoms with van der Waals surface area (Å²) in [7, 11) is 0. The van der Waals surface area contributed by atoms with Crippen LogP contribution in [-0.2, 0) is 0 Å². The summed E-state index contributed by atoms with van der Waals surface area (Å²) in [5, 5.41) is 5.80. The van der Waals surface area contributed by atoms with Crippen LogP contribution in [0.2, 0.25) is 0 Å². The largest absolute Gasteiger partial charge is 0.306 e. The smallest absolute Gasteiger partial charge is 0.0795 e. The highest BCUT2D eigenvalue weighted by atomic mass is 32.1. The third-order valence-corrected chi connectivity index (χ3v) is 3.59. The Morgan fingerprint density at radius 3 is 2.86 bits per heavy atom. The maximum atomic E-state index is 4.34. The highest BCUT2D eigenvalue weighted by molar-refractivity contribution is 7.07. The normalized spacial score (nSPS) is 20.9. The average molecular weight is 210 g/mol. The van der Waals surface area contributed by atoms with Gasteiger partial charge in [-0.2, -0.15) is 0 Å². The molecular weight excluding hydrogens is 192 g/mol. The molecule has 2 rings (SSSR count). The first-order valence-electron chi connectivity index (χ1n) is 5.50. The molecule has 0 amide bonds. The molecule has 1 aliphatic carbocycles. The Bertz CT molecular complexity index is 252. The van der Waals surface area contributed by atoms with E-state index in [1.807, 2.05) is 5.51 Å². The van der Waals surface area contributed by atoms with Gasteiger partial charge in [-0.25, -0.2) is 4.98 Å². The zero-order valence-electron chi connectivity index (χ0n) is 8.70. The van der Waals surface area contributed by atoms with E-state index in [-0.39, 0.29) is 0 Å². The van der Waals surface area contributed by atoms with Gasteiger partial charge in [0.05, 0.1) is 11.2 Å². The van der Waals surface area contributed by atoms with Crippen LogP contribution in [-0.4, -0.2) is 11.0 Å². The fraction of sp³-hybridized carbons (Fsp3) is 0.727. The zero-order chi connectivity index (χ0) is 9.80. The fourth-order valence-corrected chi connectivity index (χ4v) is 2.79. The predicted octanol–water partition coefficient (Wildman–Crippen LogP) is 3.13. The maximum absolute atomic E-state index is 4.34. The lowest BCUT2D eigenvalue weighted by molar-refractivity contribution is 0.345. The van der Waals surface area contributed by atoms with Crippen LogP contribution in [0.25, 0.3) is 0 Å². The van der Waals surface area contributed by atoms with Crippen molar-refractivity contribution in [3.05, 3.63) is 16.6 Å². The van der Waals surface area contributed by atoms with Crippen molar-refractivity contribution < 1.29 is 0 Å². The quantitative estimate of drug-likeness (QED) is 0.829.